The highest BCUT2D eigenvalue weighted by molar-refractivity contribution is 5.88. The molecule has 0 bridgehead atoms. The molecule has 13 nitrogen and oxygen atoms in total. The second kappa shape index (κ2) is 13.7. The van der Waals surface area contributed by atoms with Crippen molar-refractivity contribution in [3.8, 4) is 0 Å². The molecule has 0 aliphatic carbocycles. The molecule has 0 saturated heterocycles. The summed E-state index contributed by atoms with van der Waals surface area (Å²) in [5, 5.41) is 23.1. The van der Waals surface area contributed by atoms with Crippen molar-refractivity contribution >= 4 is 11.8 Å². The predicted molar refractivity (Wildman–Crippen MR) is 83.0 cm³/mol. The minimum Gasteiger partial charge on any atom is -0.356 e. The maximum atomic E-state index is 11.7. The highest BCUT2D eigenvalue weighted by Crippen LogP contribution is 1.93. The monoisotopic (exact) mass is 365 g/mol. The highest BCUT2D eigenvalue weighted by atomic mass is 17.0. The van der Waals surface area contributed by atoms with Crippen molar-refractivity contribution in [3.63, 3.8) is 0 Å². The second-order valence-corrected chi connectivity index (χ2v) is 4.98. The van der Waals surface area contributed by atoms with Gasteiger partial charge in [-0.1, -0.05) is 0 Å². The van der Waals surface area contributed by atoms with E-state index in [1.807, 2.05) is 0 Å². The Balaban J connectivity index is 3.65. The summed E-state index contributed by atoms with van der Waals surface area (Å²) in [6.45, 7) is 0.470. The lowest BCUT2D eigenvalue weighted by molar-refractivity contribution is -0.757. The first kappa shape index (κ1) is 22.3. The van der Waals surface area contributed by atoms with E-state index in [1.165, 1.54) is 0 Å². The number of hydrogen-bond acceptors (Lipinski definition) is 9. The maximum absolute atomic E-state index is 11.7. The molecule has 1 unspecified atom stereocenters. The van der Waals surface area contributed by atoms with E-state index in [0.717, 1.165) is 0 Å². The Morgan fingerprint density at radius 1 is 0.920 bits per heavy atom. The number of nitrogens with one attached hydrogen (secondary N) is 2. The van der Waals surface area contributed by atoms with Crippen molar-refractivity contribution in [1.82, 2.24) is 10.6 Å². The number of carbonyl (C=O) groups is 2. The quantitative estimate of drug-likeness (QED) is 0.184. The summed E-state index contributed by atoms with van der Waals surface area (Å²) in [5.74, 6) is -0.901. The molecule has 0 aliphatic heterocycles. The topological polar surface area (TPSA) is 189 Å². The first-order valence-electron chi connectivity index (χ1n) is 7.67. The Morgan fingerprint density at radius 3 is 1.88 bits per heavy atom. The zero-order chi connectivity index (χ0) is 19.1. The van der Waals surface area contributed by atoms with E-state index in [0.29, 0.717) is 32.2 Å². The Hall–Kier alpha value is -2.70. The van der Waals surface area contributed by atoms with Crippen LogP contribution in [-0.2, 0) is 19.3 Å². The molecule has 0 fully saturated rings. The summed E-state index contributed by atoms with van der Waals surface area (Å²) >= 11 is 0. The van der Waals surface area contributed by atoms with Crippen LogP contribution in [0.5, 0.6) is 0 Å². The summed E-state index contributed by atoms with van der Waals surface area (Å²) < 4.78 is 0. The van der Waals surface area contributed by atoms with Gasteiger partial charge in [0.2, 0.25) is 11.8 Å². The van der Waals surface area contributed by atoms with Crippen molar-refractivity contribution in [2.45, 2.75) is 38.1 Å². The molecular weight excluding hydrogens is 342 g/mol. The van der Waals surface area contributed by atoms with Crippen LogP contribution in [0.25, 0.3) is 0 Å². The zero-order valence-corrected chi connectivity index (χ0v) is 13.7. The predicted octanol–water partition coefficient (Wildman–Crippen LogP) is -1.09. The molecule has 144 valence electrons. The zero-order valence-electron chi connectivity index (χ0n) is 13.7. The van der Waals surface area contributed by atoms with Crippen molar-refractivity contribution in [2.75, 3.05) is 26.3 Å². The lowest BCUT2D eigenvalue weighted by Crippen LogP contribution is -2.44. The molecule has 0 aliphatic rings. The third-order valence-electron chi connectivity index (χ3n) is 2.90. The second-order valence-electron chi connectivity index (χ2n) is 4.98. The van der Waals surface area contributed by atoms with E-state index >= 15 is 0 Å². The molecule has 0 radical (unpaired) electrons. The van der Waals surface area contributed by atoms with Gasteiger partial charge in [-0.05, 0) is 25.7 Å². The standard InChI is InChI=1S/C12H23N5O8/c13-10(12(19)15-6-2-4-8-25-17(22)23)9-11(18)14-5-1-3-7-24-16(20)21/h10H,1-9,13H2,(H,14,18)(H,15,19). The van der Waals surface area contributed by atoms with E-state index in [2.05, 4.69) is 20.3 Å². The number of amides is 2. The lowest BCUT2D eigenvalue weighted by atomic mass is 10.2. The average Bonchev–Trinajstić information content (AvgIpc) is 2.53. The average molecular weight is 365 g/mol. The first-order chi connectivity index (χ1) is 11.8. The number of nitrogens with zero attached hydrogens (tertiary/aromatic N) is 2. The van der Waals surface area contributed by atoms with Crippen LogP contribution in [0.2, 0.25) is 0 Å². The van der Waals surface area contributed by atoms with Gasteiger partial charge in [0.15, 0.2) is 0 Å². The van der Waals surface area contributed by atoms with Crippen LogP contribution in [-0.4, -0.2) is 54.3 Å². The Morgan fingerprint density at radius 2 is 1.40 bits per heavy atom. The first-order valence-corrected chi connectivity index (χ1v) is 7.67. The van der Waals surface area contributed by atoms with E-state index in [1.54, 1.807) is 0 Å². The van der Waals surface area contributed by atoms with Crippen LogP contribution >= 0.6 is 0 Å². The lowest BCUT2D eigenvalue weighted by Gasteiger charge is -2.12. The van der Waals surface area contributed by atoms with Gasteiger partial charge in [-0.2, -0.15) is 0 Å². The van der Waals surface area contributed by atoms with E-state index < -0.39 is 28.0 Å². The minimum absolute atomic E-state index is 0.0442. The molecular formula is C12H23N5O8. The molecule has 0 aromatic carbocycles. The van der Waals surface area contributed by atoms with Gasteiger partial charge >= 0.3 is 0 Å². The van der Waals surface area contributed by atoms with Crippen molar-refractivity contribution in [3.05, 3.63) is 20.2 Å². The van der Waals surface area contributed by atoms with Crippen LogP contribution in [0.3, 0.4) is 0 Å². The van der Waals surface area contributed by atoms with Crippen LogP contribution in [0.1, 0.15) is 32.1 Å². The fourth-order valence-electron chi connectivity index (χ4n) is 1.67. The van der Waals surface area contributed by atoms with Gasteiger partial charge in [-0.15, -0.1) is 20.2 Å². The summed E-state index contributed by atoms with van der Waals surface area (Å²) in [5.41, 5.74) is 5.60. The largest absolute Gasteiger partial charge is 0.356 e. The van der Waals surface area contributed by atoms with Gasteiger partial charge in [0.05, 0.1) is 25.7 Å². The fourth-order valence-corrected chi connectivity index (χ4v) is 1.67. The molecule has 0 rings (SSSR count). The van der Waals surface area contributed by atoms with Gasteiger partial charge in [0.25, 0.3) is 10.2 Å². The van der Waals surface area contributed by atoms with E-state index in [4.69, 9.17) is 5.73 Å². The molecule has 0 saturated carbocycles. The third-order valence-corrected chi connectivity index (χ3v) is 2.90. The van der Waals surface area contributed by atoms with Gasteiger partial charge in [0.1, 0.15) is 0 Å². The smallest absolute Gasteiger partial charge is 0.294 e. The summed E-state index contributed by atoms with van der Waals surface area (Å²) in [6, 6.07) is -1.01. The Labute approximate surface area is 143 Å². The molecule has 25 heavy (non-hydrogen) atoms. The molecule has 2 amide bonds. The van der Waals surface area contributed by atoms with Crippen molar-refractivity contribution in [1.29, 1.82) is 0 Å². The Kier molecular flexibility index (Phi) is 12.2. The summed E-state index contributed by atoms with van der Waals surface area (Å²) in [7, 11) is 0. The number of carbonyl (C=O) groups excluding carboxylic acids is 2. The van der Waals surface area contributed by atoms with Crippen LogP contribution in [0.4, 0.5) is 0 Å². The van der Waals surface area contributed by atoms with Gasteiger partial charge in [0, 0.05) is 13.1 Å². The SMILES string of the molecule is NC(CC(=O)NCCCCO[N+](=O)[O-])C(=O)NCCCCO[N+](=O)[O-]. The van der Waals surface area contributed by atoms with E-state index in [9.17, 15) is 29.8 Å². The number of nitrogens with two attached hydrogens (primary N) is 1. The summed E-state index contributed by atoms with van der Waals surface area (Å²) in [6.07, 6.45) is 1.59. The van der Waals surface area contributed by atoms with E-state index in [-0.39, 0.29) is 26.2 Å². The molecule has 0 spiro atoms. The highest BCUT2D eigenvalue weighted by Gasteiger charge is 2.16. The number of rotatable bonds is 15. The van der Waals surface area contributed by atoms with Crippen LogP contribution < -0.4 is 16.4 Å². The van der Waals surface area contributed by atoms with Gasteiger partial charge < -0.3 is 26.0 Å². The molecule has 4 N–H and O–H groups in total. The summed E-state index contributed by atoms with van der Waals surface area (Å²) in [4.78, 5) is 51.3. The molecule has 0 aromatic heterocycles. The van der Waals surface area contributed by atoms with Crippen LogP contribution in [0, 0.1) is 20.2 Å². The molecule has 0 aromatic rings. The minimum atomic E-state index is -1.01. The molecule has 0 heterocycles. The molecule has 1 atom stereocenters. The van der Waals surface area contributed by atoms with Crippen molar-refractivity contribution in [2.24, 2.45) is 5.73 Å². The van der Waals surface area contributed by atoms with Gasteiger partial charge in [-0.25, -0.2) is 0 Å². The fraction of sp³-hybridized carbons (Fsp3) is 0.833. The maximum Gasteiger partial charge on any atom is 0.294 e. The number of hydrogen-bond donors (Lipinski definition) is 3. The van der Waals surface area contributed by atoms with Crippen molar-refractivity contribution < 1.29 is 29.4 Å². The normalized spacial score (nSPS) is 11.2. The van der Waals surface area contributed by atoms with Gasteiger partial charge in [-0.3, -0.25) is 9.59 Å². The molecule has 13 heteroatoms. The number of unbranched alkanes of at least 4 members (excludes halogenated alkanes) is 2. The Bertz CT molecular complexity index is 447. The third kappa shape index (κ3) is 14.6. The van der Waals surface area contributed by atoms with Crippen LogP contribution in [0.15, 0.2) is 0 Å².